The summed E-state index contributed by atoms with van der Waals surface area (Å²) in [6, 6.07) is 18.7. The third kappa shape index (κ3) is 4.67. The summed E-state index contributed by atoms with van der Waals surface area (Å²) in [7, 11) is 0. The molecule has 0 aliphatic carbocycles. The number of primary amides is 1. The first-order valence-electron chi connectivity index (χ1n) is 10.8. The number of rotatable bonds is 6. The maximum absolute atomic E-state index is 13.1. The zero-order valence-corrected chi connectivity index (χ0v) is 21.9. The largest absolute Gasteiger partial charge is 0.366 e. The van der Waals surface area contributed by atoms with Crippen molar-refractivity contribution in [3.8, 4) is 5.69 Å². The summed E-state index contributed by atoms with van der Waals surface area (Å²) in [4.78, 5) is 37.7. The van der Waals surface area contributed by atoms with E-state index in [1.165, 1.54) is 11.8 Å². The summed E-state index contributed by atoms with van der Waals surface area (Å²) in [5.41, 5.74) is 8.17. The number of hydrogen-bond acceptors (Lipinski definition) is 6. The number of nitrogens with one attached hydrogen (secondary N) is 1. The van der Waals surface area contributed by atoms with E-state index in [1.807, 2.05) is 47.0 Å². The molecule has 0 radical (unpaired) electrons. The third-order valence-corrected chi connectivity index (χ3v) is 7.40. The van der Waals surface area contributed by atoms with E-state index in [0.717, 1.165) is 16.5 Å². The lowest BCUT2D eigenvalue weighted by Crippen LogP contribution is -2.23. The fourth-order valence-corrected chi connectivity index (χ4v) is 5.28. The van der Waals surface area contributed by atoms with Gasteiger partial charge in [0.05, 0.1) is 22.8 Å². The highest BCUT2D eigenvalue weighted by Gasteiger charge is 2.23. The molecule has 5 aromatic rings. The number of hydrogen-bond donors (Lipinski definition) is 2. The van der Waals surface area contributed by atoms with Gasteiger partial charge in [0.15, 0.2) is 10.8 Å². The Morgan fingerprint density at radius 1 is 1.11 bits per heavy atom. The van der Waals surface area contributed by atoms with E-state index in [0.29, 0.717) is 32.0 Å². The number of carbonyl (C=O) groups excluding carboxylic acids is 2. The van der Waals surface area contributed by atoms with Crippen molar-refractivity contribution in [3.63, 3.8) is 0 Å². The van der Waals surface area contributed by atoms with Gasteiger partial charge in [-0.25, -0.2) is 9.97 Å². The summed E-state index contributed by atoms with van der Waals surface area (Å²) >= 11 is 10.8. The standard InChI is InChI=1S/C25H18BrClN6O2S/c1-13(23(35)30-18-10-9-15(21(28)34)11-17(18)26)36-25-31-19-12-29-24(27)32-22(19)33(25)20-8-4-6-14-5-2-3-7-16(14)20/h2-13H,1H3,(H2,28,34)(H,30,35). The van der Waals surface area contributed by atoms with E-state index in [4.69, 9.17) is 22.3 Å². The minimum Gasteiger partial charge on any atom is -0.366 e. The zero-order chi connectivity index (χ0) is 25.4. The zero-order valence-electron chi connectivity index (χ0n) is 18.8. The molecule has 3 aromatic carbocycles. The highest BCUT2D eigenvalue weighted by atomic mass is 79.9. The number of imidazole rings is 1. The molecule has 11 heteroatoms. The Bertz CT molecular complexity index is 1650. The van der Waals surface area contributed by atoms with Crippen LogP contribution in [-0.2, 0) is 4.79 Å². The van der Waals surface area contributed by atoms with Crippen LogP contribution in [0, 0.1) is 0 Å². The number of amides is 2. The highest BCUT2D eigenvalue weighted by molar-refractivity contribution is 9.10. The second-order valence-corrected chi connectivity index (χ2v) is 10.4. The molecule has 180 valence electrons. The molecular formula is C25H18BrClN6O2S. The summed E-state index contributed by atoms with van der Waals surface area (Å²) in [5, 5.41) is 5.10. The average molecular weight is 582 g/mol. The van der Waals surface area contributed by atoms with E-state index in [2.05, 4.69) is 31.2 Å². The Labute approximate surface area is 223 Å². The molecule has 3 N–H and O–H groups in total. The molecule has 2 amide bonds. The fourth-order valence-electron chi connectivity index (χ4n) is 3.75. The Morgan fingerprint density at radius 3 is 2.67 bits per heavy atom. The molecule has 0 spiro atoms. The molecule has 0 saturated carbocycles. The van der Waals surface area contributed by atoms with Gasteiger partial charge in [0.1, 0.15) is 5.52 Å². The number of nitrogens with two attached hydrogens (primary N) is 1. The number of halogens is 2. The van der Waals surface area contributed by atoms with Gasteiger partial charge >= 0.3 is 0 Å². The van der Waals surface area contributed by atoms with Crippen LogP contribution in [0.4, 0.5) is 5.69 Å². The van der Waals surface area contributed by atoms with Gasteiger partial charge in [-0.15, -0.1) is 0 Å². The number of benzene rings is 3. The number of thioether (sulfide) groups is 1. The first kappa shape index (κ1) is 24.2. The van der Waals surface area contributed by atoms with Gasteiger partial charge in [0.25, 0.3) is 0 Å². The van der Waals surface area contributed by atoms with E-state index in [1.54, 1.807) is 31.3 Å². The maximum atomic E-state index is 13.1. The number of anilines is 1. The predicted octanol–water partition coefficient (Wildman–Crippen LogP) is 5.60. The van der Waals surface area contributed by atoms with Crippen LogP contribution in [0.25, 0.3) is 27.6 Å². The van der Waals surface area contributed by atoms with Crippen molar-refractivity contribution in [2.24, 2.45) is 5.73 Å². The van der Waals surface area contributed by atoms with Crippen molar-refractivity contribution >= 4 is 78.7 Å². The Balaban J connectivity index is 1.51. The molecule has 2 aromatic heterocycles. The quantitative estimate of drug-likeness (QED) is 0.199. The molecule has 0 aliphatic heterocycles. The SMILES string of the molecule is CC(Sc1nc2cnc(Cl)nc2n1-c1cccc2ccccc12)C(=O)Nc1ccc(C(N)=O)cc1Br. The van der Waals surface area contributed by atoms with Gasteiger partial charge in [-0.3, -0.25) is 14.2 Å². The fraction of sp³-hybridized carbons (Fsp3) is 0.0800. The third-order valence-electron chi connectivity index (χ3n) is 5.51. The van der Waals surface area contributed by atoms with E-state index < -0.39 is 11.2 Å². The van der Waals surface area contributed by atoms with Crippen LogP contribution in [-0.4, -0.2) is 36.6 Å². The summed E-state index contributed by atoms with van der Waals surface area (Å²) in [6.45, 7) is 1.79. The van der Waals surface area contributed by atoms with Crippen LogP contribution in [0.3, 0.4) is 0 Å². The molecule has 2 heterocycles. The van der Waals surface area contributed by atoms with Gasteiger partial charge in [0.2, 0.25) is 17.1 Å². The molecule has 0 fully saturated rings. The van der Waals surface area contributed by atoms with Crippen LogP contribution < -0.4 is 11.1 Å². The molecule has 1 atom stereocenters. The molecule has 0 bridgehead atoms. The van der Waals surface area contributed by atoms with Crippen molar-refractivity contribution in [2.45, 2.75) is 17.3 Å². The number of carbonyl (C=O) groups is 2. The van der Waals surface area contributed by atoms with Crippen molar-refractivity contribution in [2.75, 3.05) is 5.32 Å². The Morgan fingerprint density at radius 2 is 1.89 bits per heavy atom. The van der Waals surface area contributed by atoms with Gasteiger partial charge in [-0.05, 0) is 64.1 Å². The van der Waals surface area contributed by atoms with Crippen LogP contribution in [0.15, 0.2) is 76.5 Å². The highest BCUT2D eigenvalue weighted by Crippen LogP contribution is 2.34. The molecule has 36 heavy (non-hydrogen) atoms. The first-order valence-corrected chi connectivity index (χ1v) is 12.8. The molecule has 0 saturated heterocycles. The van der Waals surface area contributed by atoms with Crippen LogP contribution in [0.2, 0.25) is 5.28 Å². The Hall–Kier alpha value is -3.47. The number of nitrogens with zero attached hydrogens (tertiary/aromatic N) is 4. The molecular weight excluding hydrogens is 564 g/mol. The lowest BCUT2D eigenvalue weighted by molar-refractivity contribution is -0.115. The maximum Gasteiger partial charge on any atom is 0.248 e. The monoisotopic (exact) mass is 580 g/mol. The van der Waals surface area contributed by atoms with Gasteiger partial charge in [-0.1, -0.05) is 48.2 Å². The number of aromatic nitrogens is 4. The normalized spacial score (nSPS) is 12.1. The predicted molar refractivity (Wildman–Crippen MR) is 146 cm³/mol. The van der Waals surface area contributed by atoms with E-state index in [9.17, 15) is 9.59 Å². The van der Waals surface area contributed by atoms with Crippen molar-refractivity contribution in [3.05, 3.63) is 82.2 Å². The number of fused-ring (bicyclic) bond motifs is 2. The minimum atomic E-state index is -0.548. The van der Waals surface area contributed by atoms with Crippen LogP contribution in [0.1, 0.15) is 17.3 Å². The minimum absolute atomic E-state index is 0.107. The first-order chi connectivity index (χ1) is 17.3. The van der Waals surface area contributed by atoms with Crippen molar-refractivity contribution < 1.29 is 9.59 Å². The second kappa shape index (κ2) is 9.88. The van der Waals surface area contributed by atoms with E-state index >= 15 is 0 Å². The lowest BCUT2D eigenvalue weighted by Gasteiger charge is -2.15. The van der Waals surface area contributed by atoms with Gasteiger partial charge in [0, 0.05) is 15.4 Å². The smallest absolute Gasteiger partial charge is 0.248 e. The van der Waals surface area contributed by atoms with Crippen LogP contribution >= 0.6 is 39.3 Å². The summed E-state index contributed by atoms with van der Waals surface area (Å²) < 4.78 is 2.45. The molecule has 5 rings (SSSR count). The molecule has 8 nitrogen and oxygen atoms in total. The van der Waals surface area contributed by atoms with Crippen LogP contribution in [0.5, 0.6) is 0 Å². The lowest BCUT2D eigenvalue weighted by atomic mass is 10.1. The Kier molecular flexibility index (Phi) is 6.65. The van der Waals surface area contributed by atoms with Crippen molar-refractivity contribution in [1.29, 1.82) is 0 Å². The topological polar surface area (TPSA) is 116 Å². The molecule has 0 aliphatic rings. The van der Waals surface area contributed by atoms with Crippen molar-refractivity contribution in [1.82, 2.24) is 19.5 Å². The summed E-state index contributed by atoms with van der Waals surface area (Å²) in [5.74, 6) is -0.791. The average Bonchev–Trinajstić information content (AvgIpc) is 3.21. The van der Waals surface area contributed by atoms with E-state index in [-0.39, 0.29) is 11.2 Å². The van der Waals surface area contributed by atoms with Gasteiger partial charge in [-0.2, -0.15) is 4.98 Å². The van der Waals surface area contributed by atoms with Gasteiger partial charge < -0.3 is 11.1 Å². The summed E-state index contributed by atoms with van der Waals surface area (Å²) in [6.07, 6.45) is 1.57. The molecule has 1 unspecified atom stereocenters. The second-order valence-electron chi connectivity index (χ2n) is 7.88.